The molecule has 0 atom stereocenters. The van der Waals surface area contributed by atoms with Crippen molar-refractivity contribution in [2.24, 2.45) is 0 Å². The number of fused-ring (bicyclic) bond motifs is 1. The Morgan fingerprint density at radius 3 is 2.50 bits per heavy atom. The van der Waals surface area contributed by atoms with E-state index in [-0.39, 0.29) is 5.91 Å². The number of halogens is 2. The number of aromatic nitrogens is 1. The number of carbonyl (C=O) groups excluding carboxylic acids is 1. The number of anilines is 1. The zero-order chi connectivity index (χ0) is 19.7. The van der Waals surface area contributed by atoms with Crippen molar-refractivity contribution in [2.75, 3.05) is 5.32 Å². The maximum Gasteiger partial charge on any atom is 0.255 e. The molecule has 0 saturated heterocycles. The Hall–Kier alpha value is -2.82. The molecule has 0 radical (unpaired) electrons. The molecule has 4 aromatic rings. The summed E-state index contributed by atoms with van der Waals surface area (Å²) in [6.45, 7) is 2.10. The number of amides is 1. The lowest BCUT2D eigenvalue weighted by Crippen LogP contribution is -2.11. The van der Waals surface area contributed by atoms with Gasteiger partial charge in [0.2, 0.25) is 5.89 Å². The average molecular weight is 411 g/mol. The maximum absolute atomic E-state index is 12.4. The summed E-state index contributed by atoms with van der Waals surface area (Å²) in [6, 6.07) is 18.1. The van der Waals surface area contributed by atoms with E-state index in [9.17, 15) is 4.79 Å². The Bertz CT molecular complexity index is 1170. The second-order valence-electron chi connectivity index (χ2n) is 6.34. The van der Waals surface area contributed by atoms with Gasteiger partial charge in [-0.15, -0.1) is 0 Å². The molecule has 4 rings (SSSR count). The third-order valence-corrected chi connectivity index (χ3v) is 5.17. The third kappa shape index (κ3) is 3.75. The van der Waals surface area contributed by atoms with Crippen molar-refractivity contribution in [2.45, 2.75) is 13.3 Å². The van der Waals surface area contributed by atoms with E-state index in [4.69, 9.17) is 27.6 Å². The molecule has 3 aromatic carbocycles. The first-order valence-corrected chi connectivity index (χ1v) is 9.55. The number of nitrogens with one attached hydrogen (secondary N) is 1. The van der Waals surface area contributed by atoms with E-state index in [0.717, 1.165) is 23.1 Å². The lowest BCUT2D eigenvalue weighted by atomic mass is 10.1. The average Bonchev–Trinajstić information content (AvgIpc) is 3.13. The molecule has 0 aliphatic heterocycles. The van der Waals surface area contributed by atoms with Crippen molar-refractivity contribution < 1.29 is 9.21 Å². The van der Waals surface area contributed by atoms with E-state index in [1.54, 1.807) is 24.3 Å². The minimum Gasteiger partial charge on any atom is -0.436 e. The number of aryl methyl sites for hydroxylation is 1. The zero-order valence-electron chi connectivity index (χ0n) is 15.0. The third-order valence-electron chi connectivity index (χ3n) is 4.43. The molecule has 4 nitrogen and oxygen atoms in total. The SMILES string of the molecule is CCc1ccc2oc(-c3ccc(NC(=O)c4ccc(Cl)c(Cl)c4)cc3)nc2c1. The van der Waals surface area contributed by atoms with E-state index in [1.165, 1.54) is 11.6 Å². The predicted octanol–water partition coefficient (Wildman–Crippen LogP) is 6.62. The highest BCUT2D eigenvalue weighted by atomic mass is 35.5. The van der Waals surface area contributed by atoms with E-state index in [0.29, 0.717) is 27.2 Å². The standard InChI is InChI=1S/C22H16Cl2N2O2/c1-2-13-3-10-20-19(11-13)26-22(28-20)14-4-7-16(8-5-14)25-21(27)15-6-9-17(23)18(24)12-15/h3-12H,2H2,1H3,(H,25,27). The van der Waals surface area contributed by atoms with Crippen LogP contribution in [0.25, 0.3) is 22.6 Å². The maximum atomic E-state index is 12.4. The van der Waals surface area contributed by atoms with Crippen LogP contribution in [0.2, 0.25) is 10.0 Å². The molecule has 0 bridgehead atoms. The lowest BCUT2D eigenvalue weighted by Gasteiger charge is -2.06. The summed E-state index contributed by atoms with van der Waals surface area (Å²) in [5.74, 6) is 0.283. The molecule has 1 aromatic heterocycles. The molecule has 1 N–H and O–H groups in total. The van der Waals surface area contributed by atoms with Crippen LogP contribution in [0.15, 0.2) is 65.1 Å². The molecule has 0 aliphatic rings. The number of carbonyl (C=O) groups is 1. The van der Waals surface area contributed by atoms with E-state index < -0.39 is 0 Å². The smallest absolute Gasteiger partial charge is 0.255 e. The molecule has 0 spiro atoms. The minimum atomic E-state index is -0.264. The summed E-state index contributed by atoms with van der Waals surface area (Å²) in [7, 11) is 0. The number of rotatable bonds is 4. The van der Waals surface area contributed by atoms with Gasteiger partial charge in [-0.3, -0.25) is 4.79 Å². The Kier molecular flexibility index (Phi) is 5.07. The monoisotopic (exact) mass is 410 g/mol. The van der Waals surface area contributed by atoms with Crippen molar-refractivity contribution in [3.05, 3.63) is 81.8 Å². The fourth-order valence-electron chi connectivity index (χ4n) is 2.85. The molecule has 0 saturated carbocycles. The molecule has 1 heterocycles. The molecular formula is C22H16Cl2N2O2. The van der Waals surface area contributed by atoms with Crippen molar-refractivity contribution in [1.82, 2.24) is 4.98 Å². The number of benzene rings is 3. The second-order valence-corrected chi connectivity index (χ2v) is 7.15. The van der Waals surface area contributed by atoms with E-state index in [1.807, 2.05) is 30.3 Å². The molecule has 140 valence electrons. The van der Waals surface area contributed by atoms with Gasteiger partial charge in [0.15, 0.2) is 5.58 Å². The second kappa shape index (κ2) is 7.66. The predicted molar refractivity (Wildman–Crippen MR) is 113 cm³/mol. The number of hydrogen-bond acceptors (Lipinski definition) is 3. The Labute approximate surface area is 172 Å². The van der Waals surface area contributed by atoms with Crippen molar-refractivity contribution in [3.63, 3.8) is 0 Å². The van der Waals surface area contributed by atoms with Gasteiger partial charge in [0, 0.05) is 16.8 Å². The number of hydrogen-bond donors (Lipinski definition) is 1. The molecule has 0 unspecified atom stereocenters. The summed E-state index contributed by atoms with van der Waals surface area (Å²) in [4.78, 5) is 16.9. The van der Waals surface area contributed by atoms with Crippen LogP contribution in [0.4, 0.5) is 5.69 Å². The van der Waals surface area contributed by atoms with Crippen molar-refractivity contribution in [1.29, 1.82) is 0 Å². The van der Waals surface area contributed by atoms with Crippen LogP contribution in [0, 0.1) is 0 Å². The number of nitrogens with zero attached hydrogens (tertiary/aromatic N) is 1. The summed E-state index contributed by atoms with van der Waals surface area (Å²) < 4.78 is 5.84. The van der Waals surface area contributed by atoms with Crippen LogP contribution in [-0.4, -0.2) is 10.9 Å². The molecule has 0 fully saturated rings. The quantitative estimate of drug-likeness (QED) is 0.411. The topological polar surface area (TPSA) is 55.1 Å². The van der Waals surface area contributed by atoms with Gasteiger partial charge in [0.25, 0.3) is 5.91 Å². The van der Waals surface area contributed by atoms with Gasteiger partial charge >= 0.3 is 0 Å². The van der Waals surface area contributed by atoms with E-state index in [2.05, 4.69) is 17.2 Å². The van der Waals surface area contributed by atoms with Gasteiger partial charge in [-0.05, 0) is 66.6 Å². The van der Waals surface area contributed by atoms with Gasteiger partial charge < -0.3 is 9.73 Å². The van der Waals surface area contributed by atoms with Crippen LogP contribution >= 0.6 is 23.2 Å². The summed E-state index contributed by atoms with van der Waals surface area (Å²) in [5, 5.41) is 3.58. The fraction of sp³-hybridized carbons (Fsp3) is 0.0909. The normalized spacial score (nSPS) is 11.0. The van der Waals surface area contributed by atoms with Crippen LogP contribution in [-0.2, 0) is 6.42 Å². The van der Waals surface area contributed by atoms with Gasteiger partial charge in [-0.25, -0.2) is 4.98 Å². The van der Waals surface area contributed by atoms with Crippen LogP contribution in [0.5, 0.6) is 0 Å². The first kappa shape index (κ1) is 18.5. The van der Waals surface area contributed by atoms with Gasteiger partial charge in [-0.2, -0.15) is 0 Å². The minimum absolute atomic E-state index is 0.264. The van der Waals surface area contributed by atoms with Gasteiger partial charge in [0.05, 0.1) is 10.0 Å². The largest absolute Gasteiger partial charge is 0.436 e. The van der Waals surface area contributed by atoms with Crippen molar-refractivity contribution >= 4 is 45.9 Å². The molecule has 0 aliphatic carbocycles. The van der Waals surface area contributed by atoms with Crippen LogP contribution in [0.1, 0.15) is 22.8 Å². The highest BCUT2D eigenvalue weighted by Crippen LogP contribution is 2.27. The highest BCUT2D eigenvalue weighted by molar-refractivity contribution is 6.42. The molecular weight excluding hydrogens is 395 g/mol. The summed E-state index contributed by atoms with van der Waals surface area (Å²) in [5.41, 5.74) is 4.73. The summed E-state index contributed by atoms with van der Waals surface area (Å²) >= 11 is 11.9. The molecule has 28 heavy (non-hydrogen) atoms. The van der Waals surface area contributed by atoms with Crippen LogP contribution < -0.4 is 5.32 Å². The highest BCUT2D eigenvalue weighted by Gasteiger charge is 2.11. The molecule has 6 heteroatoms. The molecule has 1 amide bonds. The summed E-state index contributed by atoms with van der Waals surface area (Å²) in [6.07, 6.45) is 0.950. The Balaban J connectivity index is 1.53. The number of oxazole rings is 1. The Morgan fingerprint density at radius 2 is 1.79 bits per heavy atom. The Morgan fingerprint density at radius 1 is 1.00 bits per heavy atom. The zero-order valence-corrected chi connectivity index (χ0v) is 16.5. The van der Waals surface area contributed by atoms with Gasteiger partial charge in [0.1, 0.15) is 5.52 Å². The van der Waals surface area contributed by atoms with Crippen molar-refractivity contribution in [3.8, 4) is 11.5 Å². The lowest BCUT2D eigenvalue weighted by molar-refractivity contribution is 0.102. The fourth-order valence-corrected chi connectivity index (χ4v) is 3.15. The first-order valence-electron chi connectivity index (χ1n) is 8.80. The van der Waals surface area contributed by atoms with Gasteiger partial charge in [-0.1, -0.05) is 36.2 Å². The first-order chi connectivity index (χ1) is 13.5. The van der Waals surface area contributed by atoms with E-state index >= 15 is 0 Å². The van der Waals surface area contributed by atoms with Crippen LogP contribution in [0.3, 0.4) is 0 Å².